The predicted octanol–water partition coefficient (Wildman–Crippen LogP) is 2.99. The lowest BCUT2D eigenvalue weighted by molar-refractivity contribution is -0.118. The van der Waals surface area contributed by atoms with Crippen LogP contribution in [0.5, 0.6) is 5.75 Å². The lowest BCUT2D eigenvalue weighted by Gasteiger charge is -2.26. The smallest absolute Gasteiger partial charge is 0.262 e. The molecule has 0 aliphatic carbocycles. The Morgan fingerprint density at radius 1 is 1.25 bits per heavy atom. The Labute approximate surface area is 139 Å². The van der Waals surface area contributed by atoms with Crippen LogP contribution >= 0.6 is 0 Å². The normalized spacial score (nSPS) is 14.2. The van der Waals surface area contributed by atoms with Gasteiger partial charge in [0.1, 0.15) is 11.6 Å². The first-order valence-corrected chi connectivity index (χ1v) is 7.55. The first-order chi connectivity index (χ1) is 11.5. The molecule has 3 rings (SSSR count). The highest BCUT2D eigenvalue weighted by Gasteiger charge is 2.22. The summed E-state index contributed by atoms with van der Waals surface area (Å²) in [4.78, 5) is 25.7. The van der Waals surface area contributed by atoms with Gasteiger partial charge in [0.05, 0.1) is 11.7 Å². The Morgan fingerprint density at radius 3 is 2.67 bits per heavy atom. The third-order valence-electron chi connectivity index (χ3n) is 4.11. The summed E-state index contributed by atoms with van der Waals surface area (Å²) in [5, 5.41) is 2.68. The molecule has 1 unspecified atom stereocenters. The molecule has 0 radical (unpaired) electrons. The molecule has 24 heavy (non-hydrogen) atoms. The number of nitrogens with zero attached hydrogens (tertiary/aromatic N) is 1. The molecule has 1 aliphatic rings. The van der Waals surface area contributed by atoms with Gasteiger partial charge in [-0.3, -0.25) is 9.59 Å². The zero-order chi connectivity index (χ0) is 17.3. The standard InChI is InChI=1S/C18H17FN2O3/c1-11(12-3-6-14(19)7-4-12)21(2)18(23)13-5-8-16-15(9-13)20-17(22)10-24-16/h3-9,11H,10H2,1-2H3,(H,20,22). The second-order valence-electron chi connectivity index (χ2n) is 5.69. The SMILES string of the molecule is CC(c1ccc(F)cc1)N(C)C(=O)c1ccc2c(c1)NC(=O)CO2. The van der Waals surface area contributed by atoms with Crippen molar-refractivity contribution in [1.29, 1.82) is 0 Å². The lowest BCUT2D eigenvalue weighted by atomic mass is 10.1. The van der Waals surface area contributed by atoms with E-state index < -0.39 is 0 Å². The quantitative estimate of drug-likeness (QED) is 0.942. The van der Waals surface area contributed by atoms with E-state index in [1.807, 2.05) is 6.92 Å². The number of ether oxygens (including phenoxy) is 1. The minimum absolute atomic E-state index is 0.0260. The fourth-order valence-electron chi connectivity index (χ4n) is 2.56. The molecule has 0 spiro atoms. The van der Waals surface area contributed by atoms with Crippen molar-refractivity contribution in [3.8, 4) is 5.75 Å². The Bertz CT molecular complexity index is 789. The van der Waals surface area contributed by atoms with Crippen LogP contribution < -0.4 is 10.1 Å². The van der Waals surface area contributed by atoms with E-state index in [-0.39, 0.29) is 30.3 Å². The van der Waals surface area contributed by atoms with Crippen molar-refractivity contribution in [1.82, 2.24) is 4.90 Å². The van der Waals surface area contributed by atoms with Gasteiger partial charge < -0.3 is 15.0 Å². The van der Waals surface area contributed by atoms with Crippen LogP contribution in [0.2, 0.25) is 0 Å². The van der Waals surface area contributed by atoms with Gasteiger partial charge in [0, 0.05) is 12.6 Å². The summed E-state index contributed by atoms with van der Waals surface area (Å²) < 4.78 is 18.3. The molecule has 2 amide bonds. The van der Waals surface area contributed by atoms with E-state index in [0.29, 0.717) is 17.0 Å². The summed E-state index contributed by atoms with van der Waals surface area (Å²) >= 11 is 0. The minimum Gasteiger partial charge on any atom is -0.482 e. The van der Waals surface area contributed by atoms with Gasteiger partial charge in [-0.1, -0.05) is 12.1 Å². The molecule has 6 heteroatoms. The van der Waals surface area contributed by atoms with Gasteiger partial charge in [0.15, 0.2) is 6.61 Å². The van der Waals surface area contributed by atoms with Crippen LogP contribution in [0.3, 0.4) is 0 Å². The summed E-state index contributed by atoms with van der Waals surface area (Å²) in [5.74, 6) is -0.222. The van der Waals surface area contributed by atoms with Gasteiger partial charge >= 0.3 is 0 Å². The van der Waals surface area contributed by atoms with Gasteiger partial charge in [-0.2, -0.15) is 0 Å². The molecule has 5 nitrogen and oxygen atoms in total. The number of anilines is 1. The highest BCUT2D eigenvalue weighted by atomic mass is 19.1. The van der Waals surface area contributed by atoms with Gasteiger partial charge in [0.2, 0.25) is 0 Å². The topological polar surface area (TPSA) is 58.6 Å². The summed E-state index contributed by atoms with van der Waals surface area (Å²) in [6.45, 7) is 1.84. The monoisotopic (exact) mass is 328 g/mol. The molecular formula is C18H17FN2O3. The van der Waals surface area contributed by atoms with Gasteiger partial charge in [-0.05, 0) is 42.8 Å². The van der Waals surface area contributed by atoms with Crippen molar-refractivity contribution in [3.05, 3.63) is 59.4 Å². The number of fused-ring (bicyclic) bond motifs is 1. The van der Waals surface area contributed by atoms with Crippen molar-refractivity contribution in [2.75, 3.05) is 19.0 Å². The molecule has 0 saturated heterocycles. The van der Waals surface area contributed by atoms with Gasteiger partial charge in [-0.25, -0.2) is 4.39 Å². The zero-order valence-corrected chi connectivity index (χ0v) is 13.4. The molecule has 0 bridgehead atoms. The fourth-order valence-corrected chi connectivity index (χ4v) is 2.56. The Balaban J connectivity index is 1.81. The third-order valence-corrected chi connectivity index (χ3v) is 4.11. The number of rotatable bonds is 3. The summed E-state index contributed by atoms with van der Waals surface area (Å²) in [7, 11) is 1.69. The van der Waals surface area contributed by atoms with E-state index in [9.17, 15) is 14.0 Å². The van der Waals surface area contributed by atoms with Crippen LogP contribution in [0.15, 0.2) is 42.5 Å². The van der Waals surface area contributed by atoms with Crippen molar-refractivity contribution in [2.24, 2.45) is 0 Å². The molecule has 1 heterocycles. The molecule has 2 aromatic rings. The van der Waals surface area contributed by atoms with E-state index >= 15 is 0 Å². The first-order valence-electron chi connectivity index (χ1n) is 7.55. The van der Waals surface area contributed by atoms with Crippen LogP contribution in [0, 0.1) is 5.82 Å². The van der Waals surface area contributed by atoms with Crippen LogP contribution in [0.4, 0.5) is 10.1 Å². The van der Waals surface area contributed by atoms with E-state index in [4.69, 9.17) is 4.74 Å². The Hall–Kier alpha value is -2.89. The maximum absolute atomic E-state index is 13.0. The number of nitrogens with one attached hydrogen (secondary N) is 1. The van der Waals surface area contributed by atoms with Crippen LogP contribution in [0.1, 0.15) is 28.9 Å². The number of hydrogen-bond donors (Lipinski definition) is 1. The molecule has 124 valence electrons. The van der Waals surface area contributed by atoms with E-state index in [1.165, 1.54) is 12.1 Å². The van der Waals surface area contributed by atoms with Gasteiger partial charge in [0.25, 0.3) is 11.8 Å². The number of halogens is 1. The zero-order valence-electron chi connectivity index (χ0n) is 13.4. The lowest BCUT2D eigenvalue weighted by Crippen LogP contribution is -2.30. The fraction of sp³-hybridized carbons (Fsp3) is 0.222. The van der Waals surface area contributed by atoms with Crippen molar-refractivity contribution < 1.29 is 18.7 Å². The Kier molecular flexibility index (Phi) is 4.20. The maximum Gasteiger partial charge on any atom is 0.262 e. The van der Waals surface area contributed by atoms with Crippen molar-refractivity contribution in [2.45, 2.75) is 13.0 Å². The minimum atomic E-state index is -0.314. The van der Waals surface area contributed by atoms with Crippen LogP contribution in [-0.4, -0.2) is 30.4 Å². The highest BCUT2D eigenvalue weighted by Crippen LogP contribution is 2.30. The molecule has 0 aromatic heterocycles. The molecule has 0 fully saturated rings. The number of carbonyl (C=O) groups excluding carboxylic acids is 2. The number of hydrogen-bond acceptors (Lipinski definition) is 3. The van der Waals surface area contributed by atoms with Crippen molar-refractivity contribution in [3.63, 3.8) is 0 Å². The first kappa shape index (κ1) is 16.0. The molecule has 2 aromatic carbocycles. The average Bonchev–Trinajstić information content (AvgIpc) is 2.59. The average molecular weight is 328 g/mol. The largest absolute Gasteiger partial charge is 0.482 e. The van der Waals surface area contributed by atoms with E-state index in [2.05, 4.69) is 5.32 Å². The molecular weight excluding hydrogens is 311 g/mol. The van der Waals surface area contributed by atoms with Gasteiger partial charge in [-0.15, -0.1) is 0 Å². The molecule has 1 N–H and O–H groups in total. The maximum atomic E-state index is 13.0. The number of benzene rings is 2. The summed E-state index contributed by atoms with van der Waals surface area (Å²) in [5.41, 5.74) is 1.76. The molecule has 1 atom stereocenters. The second-order valence-corrected chi connectivity index (χ2v) is 5.69. The number of carbonyl (C=O) groups is 2. The Morgan fingerprint density at radius 2 is 1.96 bits per heavy atom. The second kappa shape index (κ2) is 6.31. The highest BCUT2D eigenvalue weighted by molar-refractivity contribution is 5.99. The molecule has 0 saturated carbocycles. The molecule has 1 aliphatic heterocycles. The van der Waals surface area contributed by atoms with E-state index in [0.717, 1.165) is 5.56 Å². The van der Waals surface area contributed by atoms with E-state index in [1.54, 1.807) is 42.3 Å². The summed E-state index contributed by atoms with van der Waals surface area (Å²) in [6, 6.07) is 10.8. The predicted molar refractivity (Wildman–Crippen MR) is 87.5 cm³/mol. The van der Waals surface area contributed by atoms with Crippen molar-refractivity contribution >= 4 is 17.5 Å². The number of amides is 2. The van der Waals surface area contributed by atoms with Crippen LogP contribution in [-0.2, 0) is 4.79 Å². The summed E-state index contributed by atoms with van der Waals surface area (Å²) in [6.07, 6.45) is 0. The van der Waals surface area contributed by atoms with Crippen LogP contribution in [0.25, 0.3) is 0 Å². The third kappa shape index (κ3) is 3.08.